The average Bonchev–Trinajstić information content (AvgIpc) is 2.33. The summed E-state index contributed by atoms with van der Waals surface area (Å²) in [5.74, 6) is 0.176. The number of hydrogen-bond donors (Lipinski definition) is 0. The van der Waals surface area contributed by atoms with Crippen molar-refractivity contribution in [3.05, 3.63) is 34.3 Å². The van der Waals surface area contributed by atoms with Crippen molar-refractivity contribution in [2.45, 2.75) is 25.7 Å². The van der Waals surface area contributed by atoms with Gasteiger partial charge in [0.1, 0.15) is 0 Å². The van der Waals surface area contributed by atoms with Crippen molar-refractivity contribution in [1.29, 1.82) is 0 Å². The second-order valence-electron chi connectivity index (χ2n) is 4.55. The lowest BCUT2D eigenvalue weighted by Gasteiger charge is -2.32. The third kappa shape index (κ3) is 2.66. The lowest BCUT2D eigenvalue weighted by molar-refractivity contribution is 0.204. The average molecular weight is 248 g/mol. The number of likely N-dealkylation sites (tertiary alicyclic amines) is 1. The van der Waals surface area contributed by atoms with Crippen LogP contribution in [0.3, 0.4) is 0 Å². The van der Waals surface area contributed by atoms with Gasteiger partial charge in [-0.25, -0.2) is 0 Å². The van der Waals surface area contributed by atoms with Gasteiger partial charge in [0.05, 0.1) is 0 Å². The fourth-order valence-corrected chi connectivity index (χ4v) is 2.66. The van der Waals surface area contributed by atoms with Gasteiger partial charge in [-0.15, -0.1) is 0 Å². The zero-order valence-electron chi connectivity index (χ0n) is 9.95. The molecule has 2 rings (SSSR count). The van der Waals surface area contributed by atoms with E-state index < -0.39 is 0 Å². The molecule has 2 radical (unpaired) electrons. The Morgan fingerprint density at radius 1 is 1.41 bits per heavy atom. The van der Waals surface area contributed by atoms with Gasteiger partial charge in [-0.2, -0.15) is 0 Å². The van der Waals surface area contributed by atoms with Crippen LogP contribution in [-0.4, -0.2) is 31.6 Å². The fraction of sp³-hybridized carbons (Fsp3) is 0.462. The lowest BCUT2D eigenvalue weighted by atomic mass is 9.86. The first kappa shape index (κ1) is 12.5. The summed E-state index contributed by atoms with van der Waals surface area (Å²) in [6.45, 7) is 3.54. The van der Waals surface area contributed by atoms with Gasteiger partial charge in [-0.05, 0) is 42.9 Å². The van der Waals surface area contributed by atoms with Crippen LogP contribution in [0.5, 0.6) is 0 Å². The largest absolute Gasteiger partial charge is 0.353 e. The molecule has 0 N–H and O–H groups in total. The second kappa shape index (κ2) is 5.13. The van der Waals surface area contributed by atoms with E-state index in [0.29, 0.717) is 5.92 Å². The molecule has 0 aliphatic carbocycles. The molecule has 0 spiro atoms. The van der Waals surface area contributed by atoms with Gasteiger partial charge < -0.3 is 4.90 Å². The number of amides is 1. The number of halogens is 1. The Balaban J connectivity index is 2.10. The Morgan fingerprint density at radius 3 is 2.65 bits per heavy atom. The predicted octanol–water partition coefficient (Wildman–Crippen LogP) is 3.12. The lowest BCUT2D eigenvalue weighted by Crippen LogP contribution is -2.37. The van der Waals surface area contributed by atoms with Crippen molar-refractivity contribution in [1.82, 2.24) is 4.90 Å². The summed E-state index contributed by atoms with van der Waals surface area (Å²) in [7, 11) is 5.27. The van der Waals surface area contributed by atoms with Crippen LogP contribution in [0.2, 0.25) is 5.02 Å². The Hall–Kier alpha value is -0.955. The highest BCUT2D eigenvalue weighted by atomic mass is 35.5. The minimum atomic E-state index is -0.314. The highest BCUT2D eigenvalue weighted by Crippen LogP contribution is 2.32. The van der Waals surface area contributed by atoms with Crippen LogP contribution in [0.1, 0.15) is 29.9 Å². The standard InChI is InChI=1S/C13H15BClNO/c1-9-11(3-2-4-12(9)15)10-5-7-16(8-6-10)13(14)17/h2-4,10H,5-8H2,1H3. The van der Waals surface area contributed by atoms with Crippen LogP contribution >= 0.6 is 11.6 Å². The molecule has 4 heteroatoms. The maximum atomic E-state index is 11.0. The number of carbonyl (C=O) groups is 1. The van der Waals surface area contributed by atoms with E-state index in [9.17, 15) is 4.79 Å². The number of hydrogen-bond acceptors (Lipinski definition) is 1. The van der Waals surface area contributed by atoms with Crippen LogP contribution in [-0.2, 0) is 0 Å². The van der Waals surface area contributed by atoms with Gasteiger partial charge in [0.25, 0.3) is 0 Å². The first-order valence-corrected chi connectivity index (χ1v) is 6.26. The first-order chi connectivity index (χ1) is 8.09. The van der Waals surface area contributed by atoms with Crippen LogP contribution in [0.15, 0.2) is 18.2 Å². The molecule has 17 heavy (non-hydrogen) atoms. The SMILES string of the molecule is [B]C(=O)N1CCC(c2cccc(Cl)c2C)CC1. The molecule has 1 heterocycles. The third-order valence-electron chi connectivity index (χ3n) is 3.56. The van der Waals surface area contributed by atoms with Gasteiger partial charge in [0.2, 0.25) is 7.85 Å². The predicted molar refractivity (Wildman–Crippen MR) is 70.9 cm³/mol. The van der Waals surface area contributed by atoms with E-state index in [2.05, 4.69) is 13.0 Å². The molecule has 1 fully saturated rings. The maximum absolute atomic E-state index is 11.0. The van der Waals surface area contributed by atoms with E-state index in [1.165, 1.54) is 5.56 Å². The molecule has 0 unspecified atom stereocenters. The summed E-state index contributed by atoms with van der Waals surface area (Å²) in [4.78, 5) is 12.8. The maximum Gasteiger partial charge on any atom is 0.200 e. The van der Waals surface area contributed by atoms with Gasteiger partial charge in [0.15, 0.2) is 5.81 Å². The van der Waals surface area contributed by atoms with E-state index in [0.717, 1.165) is 36.5 Å². The summed E-state index contributed by atoms with van der Waals surface area (Å²) in [6, 6.07) is 6.04. The van der Waals surface area contributed by atoms with Crippen LogP contribution in [0, 0.1) is 6.92 Å². The van der Waals surface area contributed by atoms with Crippen molar-refractivity contribution in [2.75, 3.05) is 13.1 Å². The summed E-state index contributed by atoms with van der Waals surface area (Å²) in [5.41, 5.74) is 2.47. The van der Waals surface area contributed by atoms with E-state index >= 15 is 0 Å². The number of rotatable bonds is 1. The summed E-state index contributed by atoms with van der Waals surface area (Å²) in [5, 5.41) is 0.819. The molecule has 0 atom stereocenters. The summed E-state index contributed by atoms with van der Waals surface area (Å²) < 4.78 is 0. The van der Waals surface area contributed by atoms with Crippen LogP contribution in [0.4, 0.5) is 4.79 Å². The molecule has 1 aromatic rings. The van der Waals surface area contributed by atoms with Gasteiger partial charge in [0, 0.05) is 18.1 Å². The van der Waals surface area contributed by atoms with E-state index in [-0.39, 0.29) is 5.81 Å². The molecule has 0 saturated carbocycles. The summed E-state index contributed by atoms with van der Waals surface area (Å²) >= 11 is 6.13. The Morgan fingerprint density at radius 2 is 2.06 bits per heavy atom. The van der Waals surface area contributed by atoms with Crippen molar-refractivity contribution in [2.24, 2.45) is 0 Å². The molecule has 0 aromatic heterocycles. The quantitative estimate of drug-likeness (QED) is 0.698. The smallest absolute Gasteiger partial charge is 0.200 e. The van der Waals surface area contributed by atoms with Gasteiger partial charge >= 0.3 is 0 Å². The van der Waals surface area contributed by atoms with Crippen molar-refractivity contribution < 1.29 is 4.79 Å². The topological polar surface area (TPSA) is 20.3 Å². The molecular weight excluding hydrogens is 232 g/mol. The minimum absolute atomic E-state index is 0.314. The molecule has 1 aliphatic heterocycles. The molecule has 88 valence electrons. The fourth-order valence-electron chi connectivity index (χ4n) is 2.48. The normalized spacial score (nSPS) is 17.2. The molecule has 1 saturated heterocycles. The summed E-state index contributed by atoms with van der Waals surface area (Å²) in [6.07, 6.45) is 1.92. The van der Waals surface area contributed by atoms with Crippen molar-refractivity contribution >= 4 is 25.3 Å². The van der Waals surface area contributed by atoms with Gasteiger partial charge in [-0.3, -0.25) is 4.79 Å². The second-order valence-corrected chi connectivity index (χ2v) is 4.96. The molecule has 1 aliphatic rings. The Bertz CT molecular complexity index is 427. The highest BCUT2D eigenvalue weighted by Gasteiger charge is 2.22. The van der Waals surface area contributed by atoms with Crippen molar-refractivity contribution in [3.63, 3.8) is 0 Å². The molecule has 0 bridgehead atoms. The molecule has 1 aromatic carbocycles. The highest BCUT2D eigenvalue weighted by molar-refractivity contribution is 6.56. The van der Waals surface area contributed by atoms with Crippen LogP contribution < -0.4 is 0 Å². The minimum Gasteiger partial charge on any atom is -0.353 e. The number of benzene rings is 1. The zero-order valence-corrected chi connectivity index (χ0v) is 10.7. The third-order valence-corrected chi connectivity index (χ3v) is 3.97. The van der Waals surface area contributed by atoms with Gasteiger partial charge in [-0.1, -0.05) is 23.7 Å². The Kier molecular flexibility index (Phi) is 3.77. The first-order valence-electron chi connectivity index (χ1n) is 5.89. The number of nitrogens with zero attached hydrogens (tertiary/aromatic N) is 1. The Labute approximate surface area is 108 Å². The molecule has 1 amide bonds. The van der Waals surface area contributed by atoms with E-state index in [1.54, 1.807) is 4.90 Å². The number of piperidine rings is 1. The van der Waals surface area contributed by atoms with E-state index in [4.69, 9.17) is 19.4 Å². The van der Waals surface area contributed by atoms with E-state index in [1.807, 2.05) is 12.1 Å². The monoisotopic (exact) mass is 247 g/mol. The van der Waals surface area contributed by atoms with Crippen molar-refractivity contribution in [3.8, 4) is 0 Å². The molecular formula is C13H15BClNO. The molecule has 2 nitrogen and oxygen atoms in total. The zero-order chi connectivity index (χ0) is 12.4. The van der Waals surface area contributed by atoms with Crippen LogP contribution in [0.25, 0.3) is 0 Å². The number of carbonyl (C=O) groups excluding carboxylic acids is 1.